The fourth-order valence-electron chi connectivity index (χ4n) is 0.823. The van der Waals surface area contributed by atoms with Gasteiger partial charge in [-0.2, -0.15) is 11.8 Å². The lowest BCUT2D eigenvalue weighted by molar-refractivity contribution is -0.145. The molecule has 2 N–H and O–H groups in total. The molecule has 0 aromatic heterocycles. The maximum absolute atomic E-state index is 11.1. The molecule has 0 amide bonds. The molecule has 3 nitrogen and oxygen atoms in total. The maximum Gasteiger partial charge on any atom is 0.326 e. The summed E-state index contributed by atoms with van der Waals surface area (Å²) in [7, 11) is 1.37. The minimum absolute atomic E-state index is 0.337. The van der Waals surface area contributed by atoms with Crippen molar-refractivity contribution in [3.05, 3.63) is 0 Å². The molecule has 4 heteroatoms. The van der Waals surface area contributed by atoms with Crippen LogP contribution in [0.2, 0.25) is 0 Å². The van der Waals surface area contributed by atoms with E-state index >= 15 is 0 Å². The molecule has 78 valence electrons. The highest BCUT2D eigenvalue weighted by atomic mass is 32.2. The molecule has 1 atom stereocenters. The molecular formula is C9H19NO2S. The Morgan fingerprint density at radius 2 is 2.23 bits per heavy atom. The van der Waals surface area contributed by atoms with Crippen molar-refractivity contribution < 1.29 is 9.53 Å². The zero-order valence-corrected chi connectivity index (χ0v) is 9.45. The van der Waals surface area contributed by atoms with E-state index in [4.69, 9.17) is 5.73 Å². The second-order valence-corrected chi connectivity index (χ2v) is 4.42. The van der Waals surface area contributed by atoms with Crippen molar-refractivity contribution in [1.29, 1.82) is 0 Å². The van der Waals surface area contributed by atoms with E-state index in [1.807, 2.05) is 0 Å². The molecule has 0 saturated heterocycles. The van der Waals surface area contributed by atoms with Gasteiger partial charge in [-0.3, -0.25) is 4.79 Å². The third-order valence-corrected chi connectivity index (χ3v) is 3.08. The van der Waals surface area contributed by atoms with Crippen LogP contribution < -0.4 is 5.73 Å². The molecular weight excluding hydrogens is 186 g/mol. The van der Waals surface area contributed by atoms with Crippen molar-refractivity contribution in [2.24, 2.45) is 5.73 Å². The fraction of sp³-hybridized carbons (Fsp3) is 0.889. The van der Waals surface area contributed by atoms with Crippen LogP contribution in [0.15, 0.2) is 0 Å². The average molecular weight is 205 g/mol. The summed E-state index contributed by atoms with van der Waals surface area (Å²) in [5, 5.41) is 0. The lowest BCUT2D eigenvalue weighted by Gasteiger charge is -2.20. The van der Waals surface area contributed by atoms with E-state index < -0.39 is 5.54 Å². The molecule has 0 heterocycles. The second kappa shape index (κ2) is 6.27. The standard InChI is InChI=1S/C9H19NO2S/c1-4-5-6-13-7-9(2,10)8(11)12-3/h4-7,10H2,1-3H3. The van der Waals surface area contributed by atoms with Gasteiger partial charge in [0.25, 0.3) is 0 Å². The number of carbonyl (C=O) groups is 1. The average Bonchev–Trinajstić information content (AvgIpc) is 2.11. The first-order valence-corrected chi connectivity index (χ1v) is 5.65. The predicted octanol–water partition coefficient (Wildman–Crippen LogP) is 1.41. The number of methoxy groups -OCH3 is 1. The summed E-state index contributed by atoms with van der Waals surface area (Å²) in [5.41, 5.74) is 4.92. The number of ether oxygens (including phenoxy) is 1. The van der Waals surface area contributed by atoms with Gasteiger partial charge in [-0.1, -0.05) is 13.3 Å². The van der Waals surface area contributed by atoms with E-state index in [0.717, 1.165) is 5.75 Å². The fourth-order valence-corrected chi connectivity index (χ4v) is 2.00. The zero-order chi connectivity index (χ0) is 10.3. The number of thioether (sulfide) groups is 1. The first-order valence-electron chi connectivity index (χ1n) is 4.49. The molecule has 0 aliphatic heterocycles. The molecule has 0 aromatic rings. The Kier molecular flexibility index (Phi) is 6.16. The SMILES string of the molecule is CCCCSCC(C)(N)C(=O)OC. The highest BCUT2D eigenvalue weighted by Crippen LogP contribution is 2.13. The summed E-state index contributed by atoms with van der Waals surface area (Å²) in [4.78, 5) is 11.1. The summed E-state index contributed by atoms with van der Waals surface area (Å²) in [5.74, 6) is 1.34. The van der Waals surface area contributed by atoms with Crippen molar-refractivity contribution in [3.63, 3.8) is 0 Å². The Labute approximate surface area is 84.4 Å². The molecule has 0 fully saturated rings. The summed E-state index contributed by atoms with van der Waals surface area (Å²) in [6.45, 7) is 3.85. The molecule has 0 saturated carbocycles. The van der Waals surface area contributed by atoms with Crippen molar-refractivity contribution in [1.82, 2.24) is 0 Å². The number of hydrogen-bond donors (Lipinski definition) is 1. The van der Waals surface area contributed by atoms with Crippen LogP contribution in [0, 0.1) is 0 Å². The Morgan fingerprint density at radius 1 is 1.62 bits per heavy atom. The smallest absolute Gasteiger partial charge is 0.326 e. The first kappa shape index (κ1) is 12.8. The van der Waals surface area contributed by atoms with Gasteiger partial charge in [-0.25, -0.2) is 0 Å². The van der Waals surface area contributed by atoms with Crippen molar-refractivity contribution >= 4 is 17.7 Å². The summed E-state index contributed by atoms with van der Waals surface area (Å²) >= 11 is 1.70. The van der Waals surface area contributed by atoms with E-state index in [0.29, 0.717) is 5.75 Å². The van der Waals surface area contributed by atoms with Crippen molar-refractivity contribution in [3.8, 4) is 0 Å². The zero-order valence-electron chi connectivity index (χ0n) is 8.63. The molecule has 0 aliphatic carbocycles. The number of rotatable bonds is 6. The molecule has 0 rings (SSSR count). The topological polar surface area (TPSA) is 52.3 Å². The number of carbonyl (C=O) groups excluding carboxylic acids is 1. The van der Waals surface area contributed by atoms with Crippen molar-refractivity contribution in [2.75, 3.05) is 18.6 Å². The molecule has 0 radical (unpaired) electrons. The van der Waals surface area contributed by atoms with Crippen molar-refractivity contribution in [2.45, 2.75) is 32.2 Å². The molecule has 1 unspecified atom stereocenters. The third-order valence-electron chi connectivity index (χ3n) is 1.70. The van der Waals surface area contributed by atoms with Crippen LogP contribution in [0.1, 0.15) is 26.7 Å². The van der Waals surface area contributed by atoms with Gasteiger partial charge in [0, 0.05) is 5.75 Å². The Hall–Kier alpha value is -0.220. The molecule has 0 spiro atoms. The number of esters is 1. The molecule has 0 aliphatic rings. The van der Waals surface area contributed by atoms with Gasteiger partial charge in [0.2, 0.25) is 0 Å². The van der Waals surface area contributed by atoms with Gasteiger partial charge in [0.15, 0.2) is 0 Å². The second-order valence-electron chi connectivity index (χ2n) is 3.32. The molecule has 0 aromatic carbocycles. The summed E-state index contributed by atoms with van der Waals surface area (Å²) in [6.07, 6.45) is 2.34. The quantitative estimate of drug-likeness (QED) is 0.526. The monoisotopic (exact) mass is 205 g/mol. The maximum atomic E-state index is 11.1. The van der Waals surface area contributed by atoms with Crippen LogP contribution in [0.25, 0.3) is 0 Å². The third kappa shape index (κ3) is 5.16. The van der Waals surface area contributed by atoms with Crippen LogP contribution in [-0.2, 0) is 9.53 Å². The molecule has 13 heavy (non-hydrogen) atoms. The van der Waals surface area contributed by atoms with Crippen LogP contribution in [0.5, 0.6) is 0 Å². The number of nitrogens with two attached hydrogens (primary N) is 1. The largest absolute Gasteiger partial charge is 0.468 e. The summed E-state index contributed by atoms with van der Waals surface area (Å²) in [6, 6.07) is 0. The van der Waals surface area contributed by atoms with Gasteiger partial charge in [-0.05, 0) is 19.1 Å². The molecule has 0 bridgehead atoms. The van der Waals surface area contributed by atoms with E-state index in [1.54, 1.807) is 18.7 Å². The highest BCUT2D eigenvalue weighted by Gasteiger charge is 2.28. The highest BCUT2D eigenvalue weighted by molar-refractivity contribution is 7.99. The van der Waals surface area contributed by atoms with Gasteiger partial charge in [-0.15, -0.1) is 0 Å². The van der Waals surface area contributed by atoms with E-state index in [9.17, 15) is 4.79 Å². The number of unbranched alkanes of at least 4 members (excludes halogenated alkanes) is 1. The number of hydrogen-bond acceptors (Lipinski definition) is 4. The Morgan fingerprint density at radius 3 is 2.69 bits per heavy atom. The van der Waals surface area contributed by atoms with Crippen LogP contribution in [-0.4, -0.2) is 30.1 Å². The first-order chi connectivity index (χ1) is 6.04. The summed E-state index contributed by atoms with van der Waals surface area (Å²) < 4.78 is 4.59. The van der Waals surface area contributed by atoms with Crippen LogP contribution in [0.4, 0.5) is 0 Å². The van der Waals surface area contributed by atoms with Crippen LogP contribution in [0.3, 0.4) is 0 Å². The van der Waals surface area contributed by atoms with Gasteiger partial charge in [0.05, 0.1) is 7.11 Å². The van der Waals surface area contributed by atoms with Gasteiger partial charge >= 0.3 is 5.97 Å². The van der Waals surface area contributed by atoms with E-state index in [-0.39, 0.29) is 5.97 Å². The van der Waals surface area contributed by atoms with Crippen LogP contribution >= 0.6 is 11.8 Å². The normalized spacial score (nSPS) is 15.1. The minimum atomic E-state index is -0.840. The van der Waals surface area contributed by atoms with E-state index in [1.165, 1.54) is 20.0 Å². The lowest BCUT2D eigenvalue weighted by atomic mass is 10.1. The predicted molar refractivity (Wildman–Crippen MR) is 56.8 cm³/mol. The van der Waals surface area contributed by atoms with Gasteiger partial charge in [0.1, 0.15) is 5.54 Å². The lowest BCUT2D eigenvalue weighted by Crippen LogP contribution is -2.48. The Balaban J connectivity index is 3.69. The van der Waals surface area contributed by atoms with Gasteiger partial charge < -0.3 is 10.5 Å². The van der Waals surface area contributed by atoms with E-state index in [2.05, 4.69) is 11.7 Å². The Bertz CT molecular complexity index is 160. The minimum Gasteiger partial charge on any atom is -0.468 e.